The first-order valence-corrected chi connectivity index (χ1v) is 15.4. The number of benzene rings is 7. The second kappa shape index (κ2) is 9.22. The predicted molar refractivity (Wildman–Crippen MR) is 188 cm³/mol. The lowest BCUT2D eigenvalue weighted by Crippen LogP contribution is -1.93. The molecule has 10 rings (SSSR count). The number of fused-ring (bicyclic) bond motifs is 10. The Bertz CT molecular complexity index is 2740. The van der Waals surface area contributed by atoms with Gasteiger partial charge in [0.15, 0.2) is 0 Å². The minimum atomic E-state index is 0.913. The summed E-state index contributed by atoms with van der Waals surface area (Å²) < 4.78 is 8.63. The maximum absolute atomic E-state index is 6.23. The Kier molecular flexibility index (Phi) is 5.00. The quantitative estimate of drug-likeness (QED) is 0.224. The summed E-state index contributed by atoms with van der Waals surface area (Å²) in [6.45, 7) is 0. The molecule has 0 radical (unpaired) electrons. The van der Waals surface area contributed by atoms with Crippen molar-refractivity contribution in [1.29, 1.82) is 0 Å². The highest BCUT2D eigenvalue weighted by molar-refractivity contribution is 6.28. The van der Waals surface area contributed by atoms with Crippen molar-refractivity contribution < 1.29 is 4.42 Å². The monoisotopic (exact) mass is 574 g/mol. The SMILES string of the molecule is c1ccc(-c2ccc(-n3c4ccccc4c4c5c(ccc43)[nH]c3ccc(-c4cccc6oc7ccccc7c46)cc35)cc2)cc1. The fourth-order valence-corrected chi connectivity index (χ4v) is 7.34. The number of rotatable bonds is 3. The first-order valence-electron chi connectivity index (χ1n) is 15.4. The van der Waals surface area contributed by atoms with Gasteiger partial charge in [-0.05, 0) is 76.9 Å². The molecule has 0 fully saturated rings. The van der Waals surface area contributed by atoms with Crippen LogP contribution in [-0.2, 0) is 0 Å². The highest BCUT2D eigenvalue weighted by Gasteiger charge is 2.19. The molecule has 3 nitrogen and oxygen atoms in total. The smallest absolute Gasteiger partial charge is 0.136 e. The zero-order chi connectivity index (χ0) is 29.5. The van der Waals surface area contributed by atoms with Gasteiger partial charge in [0.1, 0.15) is 11.2 Å². The Balaban J connectivity index is 1.23. The summed E-state index contributed by atoms with van der Waals surface area (Å²) in [4.78, 5) is 3.72. The molecule has 0 aliphatic heterocycles. The van der Waals surface area contributed by atoms with Crippen LogP contribution in [0, 0.1) is 0 Å². The van der Waals surface area contributed by atoms with Gasteiger partial charge in [-0.2, -0.15) is 0 Å². The molecule has 0 spiro atoms. The third-order valence-corrected chi connectivity index (χ3v) is 9.34. The Hall–Kier alpha value is -6.06. The van der Waals surface area contributed by atoms with E-state index in [1.807, 2.05) is 12.1 Å². The van der Waals surface area contributed by atoms with E-state index in [1.54, 1.807) is 0 Å². The molecule has 7 aromatic carbocycles. The van der Waals surface area contributed by atoms with Crippen molar-refractivity contribution in [2.75, 3.05) is 0 Å². The zero-order valence-electron chi connectivity index (χ0n) is 24.3. The molecule has 0 aliphatic rings. The second-order valence-corrected chi connectivity index (χ2v) is 11.8. The maximum atomic E-state index is 6.23. The van der Waals surface area contributed by atoms with Crippen LogP contribution < -0.4 is 0 Å². The van der Waals surface area contributed by atoms with Gasteiger partial charge in [0.25, 0.3) is 0 Å². The van der Waals surface area contributed by atoms with Gasteiger partial charge in [-0.25, -0.2) is 0 Å². The van der Waals surface area contributed by atoms with Crippen LogP contribution in [0.25, 0.3) is 93.5 Å². The minimum Gasteiger partial charge on any atom is -0.456 e. The fourth-order valence-electron chi connectivity index (χ4n) is 7.34. The van der Waals surface area contributed by atoms with Crippen molar-refractivity contribution in [2.45, 2.75) is 0 Å². The van der Waals surface area contributed by atoms with Gasteiger partial charge in [-0.3, -0.25) is 0 Å². The lowest BCUT2D eigenvalue weighted by molar-refractivity contribution is 0.669. The number of aromatic amines is 1. The topological polar surface area (TPSA) is 33.9 Å². The van der Waals surface area contributed by atoms with Crippen molar-refractivity contribution in [1.82, 2.24) is 9.55 Å². The highest BCUT2D eigenvalue weighted by Crippen LogP contribution is 2.42. The predicted octanol–water partition coefficient (Wildman–Crippen LogP) is 11.7. The van der Waals surface area contributed by atoms with Crippen LogP contribution in [0.1, 0.15) is 0 Å². The number of hydrogen-bond donors (Lipinski definition) is 1. The summed E-state index contributed by atoms with van der Waals surface area (Å²) in [6.07, 6.45) is 0. The Labute approximate surface area is 258 Å². The van der Waals surface area contributed by atoms with E-state index in [4.69, 9.17) is 4.42 Å². The third kappa shape index (κ3) is 3.52. The molecule has 0 amide bonds. The van der Waals surface area contributed by atoms with Crippen molar-refractivity contribution in [3.05, 3.63) is 152 Å². The summed E-state index contributed by atoms with van der Waals surface area (Å²) in [6, 6.07) is 54.2. The molecule has 0 unspecified atom stereocenters. The average molecular weight is 575 g/mol. The summed E-state index contributed by atoms with van der Waals surface area (Å²) in [5.74, 6) is 0. The number of nitrogens with one attached hydrogen (secondary N) is 1. The molecule has 45 heavy (non-hydrogen) atoms. The van der Waals surface area contributed by atoms with Crippen molar-refractivity contribution in [3.8, 4) is 27.9 Å². The zero-order valence-corrected chi connectivity index (χ0v) is 24.3. The first-order chi connectivity index (χ1) is 22.3. The molecule has 3 aromatic heterocycles. The average Bonchev–Trinajstić information content (AvgIpc) is 3.77. The molecule has 1 N–H and O–H groups in total. The van der Waals surface area contributed by atoms with Crippen molar-refractivity contribution in [2.24, 2.45) is 0 Å². The molecule has 0 saturated carbocycles. The van der Waals surface area contributed by atoms with Gasteiger partial charge in [0, 0.05) is 49.0 Å². The second-order valence-electron chi connectivity index (χ2n) is 11.8. The molecule has 210 valence electrons. The number of H-pyrrole nitrogens is 1. The van der Waals surface area contributed by atoms with Crippen LogP contribution in [0.4, 0.5) is 0 Å². The van der Waals surface area contributed by atoms with E-state index in [0.29, 0.717) is 0 Å². The molecule has 0 saturated heterocycles. The molecule has 0 aliphatic carbocycles. The molecule has 0 bridgehead atoms. The fraction of sp³-hybridized carbons (Fsp3) is 0. The molecule has 0 atom stereocenters. The third-order valence-electron chi connectivity index (χ3n) is 9.34. The summed E-state index contributed by atoms with van der Waals surface area (Å²) in [5.41, 5.74) is 12.5. The summed E-state index contributed by atoms with van der Waals surface area (Å²) in [5, 5.41) is 7.30. The van der Waals surface area contributed by atoms with E-state index in [9.17, 15) is 0 Å². The van der Waals surface area contributed by atoms with Crippen molar-refractivity contribution >= 4 is 65.6 Å². The molecule has 3 heterocycles. The van der Waals surface area contributed by atoms with Crippen LogP contribution in [0.5, 0.6) is 0 Å². The van der Waals surface area contributed by atoms with Crippen LogP contribution in [0.15, 0.2) is 156 Å². The van der Waals surface area contributed by atoms with E-state index in [1.165, 1.54) is 54.8 Å². The van der Waals surface area contributed by atoms with Gasteiger partial charge in [-0.1, -0.05) is 97.1 Å². The first kappa shape index (κ1) is 24.4. The lowest BCUT2D eigenvalue weighted by Gasteiger charge is -2.09. The normalized spacial score (nSPS) is 12.0. The van der Waals surface area contributed by atoms with Gasteiger partial charge in [-0.15, -0.1) is 0 Å². The van der Waals surface area contributed by atoms with E-state index in [-0.39, 0.29) is 0 Å². The van der Waals surface area contributed by atoms with E-state index < -0.39 is 0 Å². The van der Waals surface area contributed by atoms with Crippen LogP contribution in [0.2, 0.25) is 0 Å². The van der Waals surface area contributed by atoms with Crippen molar-refractivity contribution in [3.63, 3.8) is 0 Å². The summed E-state index contributed by atoms with van der Waals surface area (Å²) >= 11 is 0. The van der Waals surface area contributed by atoms with E-state index >= 15 is 0 Å². The summed E-state index contributed by atoms with van der Waals surface area (Å²) in [7, 11) is 0. The Morgan fingerprint density at radius 2 is 1.13 bits per heavy atom. The maximum Gasteiger partial charge on any atom is 0.136 e. The van der Waals surface area contributed by atoms with Crippen LogP contribution in [-0.4, -0.2) is 9.55 Å². The molecule has 3 heteroatoms. The Morgan fingerprint density at radius 1 is 0.422 bits per heavy atom. The van der Waals surface area contributed by atoms with E-state index in [0.717, 1.165) is 38.7 Å². The van der Waals surface area contributed by atoms with Gasteiger partial charge in [0.05, 0.1) is 11.0 Å². The van der Waals surface area contributed by atoms with Crippen LogP contribution in [0.3, 0.4) is 0 Å². The number of para-hydroxylation sites is 2. The van der Waals surface area contributed by atoms with E-state index in [2.05, 4.69) is 149 Å². The molecular weight excluding hydrogens is 548 g/mol. The lowest BCUT2D eigenvalue weighted by atomic mass is 9.97. The molecule has 10 aromatic rings. The van der Waals surface area contributed by atoms with Gasteiger partial charge in [0.2, 0.25) is 0 Å². The van der Waals surface area contributed by atoms with Crippen LogP contribution >= 0.6 is 0 Å². The standard InChI is InChI=1S/C42H26N2O/c1-2-9-26(10-3-1)27-17-20-29(21-18-27)44-36-14-6-4-11-31(36)42-37(44)24-23-35-41(42)33-25-28(19-22-34(33)43-35)30-13-8-16-39-40(30)32-12-5-7-15-38(32)45-39/h1-25,43H. The number of nitrogens with zero attached hydrogens (tertiary/aromatic N) is 1. The number of furan rings is 1. The van der Waals surface area contributed by atoms with Gasteiger partial charge >= 0.3 is 0 Å². The minimum absolute atomic E-state index is 0.913. The largest absolute Gasteiger partial charge is 0.456 e. The highest BCUT2D eigenvalue weighted by atomic mass is 16.3. The number of aromatic nitrogens is 2. The Morgan fingerprint density at radius 3 is 2.02 bits per heavy atom. The molecular formula is C42H26N2O. The van der Waals surface area contributed by atoms with Gasteiger partial charge < -0.3 is 14.0 Å². The number of hydrogen-bond acceptors (Lipinski definition) is 1.